The molecule has 27 heavy (non-hydrogen) atoms. The second-order valence-electron chi connectivity index (χ2n) is 6.48. The molecule has 0 radical (unpaired) electrons. The highest BCUT2D eigenvalue weighted by molar-refractivity contribution is 7.89. The van der Waals surface area contributed by atoms with Crippen molar-refractivity contribution in [2.45, 2.75) is 31.1 Å². The average Bonchev–Trinajstić information content (AvgIpc) is 2.66. The van der Waals surface area contributed by atoms with Gasteiger partial charge in [0.2, 0.25) is 10.0 Å². The summed E-state index contributed by atoms with van der Waals surface area (Å²) in [5.41, 5.74) is 1.26. The summed E-state index contributed by atoms with van der Waals surface area (Å²) in [4.78, 5) is 12.1. The Morgan fingerprint density at radius 3 is 2.56 bits per heavy atom. The number of anilines is 1. The third kappa shape index (κ3) is 4.15. The van der Waals surface area contributed by atoms with Crippen LogP contribution in [0.4, 0.5) is 10.1 Å². The number of nitrogens with one attached hydrogen (secondary N) is 1. The van der Waals surface area contributed by atoms with Crippen molar-refractivity contribution < 1.29 is 17.6 Å². The van der Waals surface area contributed by atoms with Crippen molar-refractivity contribution in [1.29, 1.82) is 0 Å². The number of benzene rings is 2. The molecule has 1 fully saturated rings. The van der Waals surface area contributed by atoms with E-state index in [1.165, 1.54) is 10.4 Å². The maximum Gasteiger partial charge on any atom is 0.255 e. The van der Waals surface area contributed by atoms with Gasteiger partial charge in [-0.15, -0.1) is 0 Å². The van der Waals surface area contributed by atoms with E-state index in [2.05, 4.69) is 5.32 Å². The van der Waals surface area contributed by atoms with Crippen LogP contribution in [0.25, 0.3) is 0 Å². The van der Waals surface area contributed by atoms with Crippen molar-refractivity contribution in [3.63, 3.8) is 0 Å². The fraction of sp³-hybridized carbons (Fsp3) is 0.316. The molecular weight excluding hydrogens is 391 g/mol. The minimum atomic E-state index is -3.98. The molecule has 1 saturated heterocycles. The van der Waals surface area contributed by atoms with Crippen LogP contribution in [0.2, 0.25) is 5.02 Å². The molecule has 0 aliphatic carbocycles. The predicted octanol–water partition coefficient (Wildman–Crippen LogP) is 4.21. The molecule has 0 aromatic heterocycles. The molecule has 1 amide bonds. The van der Waals surface area contributed by atoms with E-state index in [-0.39, 0.29) is 5.56 Å². The monoisotopic (exact) mass is 410 g/mol. The second kappa shape index (κ2) is 7.96. The Morgan fingerprint density at radius 2 is 1.85 bits per heavy atom. The van der Waals surface area contributed by atoms with Crippen molar-refractivity contribution in [3.8, 4) is 0 Å². The maximum absolute atomic E-state index is 14.3. The number of halogens is 2. The molecule has 2 aromatic carbocycles. The molecule has 8 heteroatoms. The third-order valence-corrected chi connectivity index (χ3v) is 6.97. The normalized spacial score (nSPS) is 15.5. The number of hydrogen-bond donors (Lipinski definition) is 1. The zero-order chi connectivity index (χ0) is 19.6. The molecule has 0 saturated carbocycles. The zero-order valence-corrected chi connectivity index (χ0v) is 16.4. The lowest BCUT2D eigenvalue weighted by Crippen LogP contribution is -2.36. The summed E-state index contributed by atoms with van der Waals surface area (Å²) in [6.45, 7) is 2.48. The van der Waals surface area contributed by atoms with Crippen molar-refractivity contribution in [2.75, 3.05) is 18.4 Å². The highest BCUT2D eigenvalue weighted by Crippen LogP contribution is 2.26. The molecule has 1 N–H and O–H groups in total. The summed E-state index contributed by atoms with van der Waals surface area (Å²) in [6.07, 6.45) is 2.44. The van der Waals surface area contributed by atoms with Crippen LogP contribution in [-0.4, -0.2) is 31.7 Å². The number of amides is 1. The standard InChI is InChI=1S/C19H20ClFN2O3S/c1-13-15(20)6-5-7-17(13)22-19(24)14-8-9-16(21)18(12-14)27(25,26)23-10-3-2-4-11-23/h5-9,12H,2-4,10-11H2,1H3,(H,22,24). The van der Waals surface area contributed by atoms with Crippen LogP contribution >= 0.6 is 11.6 Å². The molecule has 1 heterocycles. The quantitative estimate of drug-likeness (QED) is 0.820. The fourth-order valence-corrected chi connectivity index (χ4v) is 4.81. The SMILES string of the molecule is Cc1c(Cl)cccc1NC(=O)c1ccc(F)c(S(=O)(=O)N2CCCCC2)c1. The number of piperidine rings is 1. The van der Waals surface area contributed by atoms with E-state index in [9.17, 15) is 17.6 Å². The summed E-state index contributed by atoms with van der Waals surface area (Å²) < 4.78 is 41.1. The lowest BCUT2D eigenvalue weighted by molar-refractivity contribution is 0.102. The first-order valence-electron chi connectivity index (χ1n) is 8.67. The highest BCUT2D eigenvalue weighted by atomic mass is 35.5. The van der Waals surface area contributed by atoms with E-state index < -0.39 is 26.6 Å². The van der Waals surface area contributed by atoms with Gasteiger partial charge in [-0.1, -0.05) is 24.1 Å². The Kier molecular flexibility index (Phi) is 5.83. The topological polar surface area (TPSA) is 66.5 Å². The molecule has 0 unspecified atom stereocenters. The van der Waals surface area contributed by atoms with E-state index in [0.29, 0.717) is 29.4 Å². The van der Waals surface area contributed by atoms with Crippen LogP contribution in [0.5, 0.6) is 0 Å². The number of carbonyl (C=O) groups is 1. The van der Waals surface area contributed by atoms with Crippen LogP contribution < -0.4 is 5.32 Å². The Morgan fingerprint density at radius 1 is 1.15 bits per heavy atom. The van der Waals surface area contributed by atoms with Gasteiger partial charge in [0.15, 0.2) is 0 Å². The number of sulfonamides is 1. The van der Waals surface area contributed by atoms with Gasteiger partial charge in [0.05, 0.1) is 0 Å². The van der Waals surface area contributed by atoms with Crippen molar-refractivity contribution >= 4 is 33.2 Å². The minimum Gasteiger partial charge on any atom is -0.322 e. The van der Waals surface area contributed by atoms with Gasteiger partial charge in [-0.2, -0.15) is 4.31 Å². The lowest BCUT2D eigenvalue weighted by atomic mass is 10.1. The molecular formula is C19H20ClFN2O3S. The smallest absolute Gasteiger partial charge is 0.255 e. The third-order valence-electron chi connectivity index (χ3n) is 4.64. The fourth-order valence-electron chi connectivity index (χ4n) is 3.02. The summed E-state index contributed by atoms with van der Waals surface area (Å²) in [6, 6.07) is 8.45. The van der Waals surface area contributed by atoms with Gasteiger partial charge in [0, 0.05) is 29.4 Å². The number of rotatable bonds is 4. The first-order valence-corrected chi connectivity index (χ1v) is 10.5. The first kappa shape index (κ1) is 19.8. The zero-order valence-electron chi connectivity index (χ0n) is 14.8. The van der Waals surface area contributed by atoms with Gasteiger partial charge in [-0.25, -0.2) is 12.8 Å². The largest absolute Gasteiger partial charge is 0.322 e. The second-order valence-corrected chi connectivity index (χ2v) is 8.79. The summed E-state index contributed by atoms with van der Waals surface area (Å²) in [5, 5.41) is 3.19. The molecule has 3 rings (SSSR count). The van der Waals surface area contributed by atoms with Crippen LogP contribution in [0.15, 0.2) is 41.3 Å². The van der Waals surface area contributed by atoms with Crippen molar-refractivity contribution in [3.05, 3.63) is 58.4 Å². The van der Waals surface area contributed by atoms with Gasteiger partial charge in [0.25, 0.3) is 5.91 Å². The van der Waals surface area contributed by atoms with Crippen LogP contribution in [0.3, 0.4) is 0 Å². The van der Waals surface area contributed by atoms with Gasteiger partial charge in [-0.3, -0.25) is 4.79 Å². The number of hydrogen-bond acceptors (Lipinski definition) is 3. The molecule has 5 nitrogen and oxygen atoms in total. The van der Waals surface area contributed by atoms with Crippen LogP contribution in [0, 0.1) is 12.7 Å². The Balaban J connectivity index is 1.90. The average molecular weight is 411 g/mol. The van der Waals surface area contributed by atoms with Crippen LogP contribution in [0.1, 0.15) is 35.2 Å². The van der Waals surface area contributed by atoms with E-state index in [1.807, 2.05) is 0 Å². The molecule has 2 aromatic rings. The van der Waals surface area contributed by atoms with E-state index in [0.717, 1.165) is 31.4 Å². The Labute approximate surface area is 163 Å². The molecule has 0 spiro atoms. The molecule has 1 aliphatic rings. The summed E-state index contributed by atoms with van der Waals surface area (Å²) >= 11 is 6.05. The first-order chi connectivity index (χ1) is 12.8. The molecule has 1 aliphatic heterocycles. The van der Waals surface area contributed by atoms with Crippen molar-refractivity contribution in [1.82, 2.24) is 4.31 Å². The highest BCUT2D eigenvalue weighted by Gasteiger charge is 2.29. The van der Waals surface area contributed by atoms with Crippen molar-refractivity contribution in [2.24, 2.45) is 0 Å². The molecule has 144 valence electrons. The number of carbonyl (C=O) groups excluding carboxylic acids is 1. The van der Waals surface area contributed by atoms with E-state index in [4.69, 9.17) is 11.6 Å². The minimum absolute atomic E-state index is 0.0614. The van der Waals surface area contributed by atoms with Gasteiger partial charge in [0.1, 0.15) is 10.7 Å². The Bertz CT molecular complexity index is 973. The van der Waals surface area contributed by atoms with Gasteiger partial charge >= 0.3 is 0 Å². The van der Waals surface area contributed by atoms with Gasteiger partial charge in [-0.05, 0) is 55.7 Å². The van der Waals surface area contributed by atoms with Gasteiger partial charge < -0.3 is 5.32 Å². The lowest BCUT2D eigenvalue weighted by Gasteiger charge is -2.26. The Hall–Kier alpha value is -1.96. The summed E-state index contributed by atoms with van der Waals surface area (Å²) in [7, 11) is -3.98. The molecule has 0 atom stereocenters. The van der Waals surface area contributed by atoms with E-state index >= 15 is 0 Å². The maximum atomic E-state index is 14.3. The van der Waals surface area contributed by atoms with E-state index in [1.54, 1.807) is 25.1 Å². The number of nitrogens with zero attached hydrogens (tertiary/aromatic N) is 1. The summed E-state index contributed by atoms with van der Waals surface area (Å²) in [5.74, 6) is -1.40. The molecule has 0 bridgehead atoms. The van der Waals surface area contributed by atoms with Crippen LogP contribution in [-0.2, 0) is 10.0 Å². The predicted molar refractivity (Wildman–Crippen MR) is 103 cm³/mol.